The van der Waals surface area contributed by atoms with Crippen molar-refractivity contribution < 1.29 is 0 Å². The molecule has 0 aliphatic carbocycles. The molecule has 0 saturated heterocycles. The zero-order valence-corrected chi connectivity index (χ0v) is 24.9. The zero-order chi connectivity index (χ0) is 27.8. The van der Waals surface area contributed by atoms with Crippen molar-refractivity contribution in [2.45, 2.75) is 20.3 Å². The van der Waals surface area contributed by atoms with Gasteiger partial charge in [0.05, 0.1) is 11.0 Å². The van der Waals surface area contributed by atoms with Crippen LogP contribution in [0.5, 0.6) is 0 Å². The van der Waals surface area contributed by atoms with E-state index in [0.717, 1.165) is 12.2 Å². The van der Waals surface area contributed by atoms with E-state index in [4.69, 9.17) is 0 Å². The predicted molar refractivity (Wildman–Crippen MR) is 183 cm³/mol. The molecule has 0 spiro atoms. The minimum absolute atomic E-state index is 1.07. The van der Waals surface area contributed by atoms with Gasteiger partial charge in [-0.2, -0.15) is 0 Å². The number of rotatable bonds is 7. The zero-order valence-electron chi connectivity index (χ0n) is 23.3. The summed E-state index contributed by atoms with van der Waals surface area (Å²) >= 11 is 3.83. The van der Waals surface area contributed by atoms with Gasteiger partial charge in [-0.25, -0.2) is 0 Å². The summed E-state index contributed by atoms with van der Waals surface area (Å²) in [4.78, 5) is 4.10. The normalized spacial score (nSPS) is 12.1. The number of allylic oxidation sites excluding steroid dienone is 1. The third-order valence-corrected chi connectivity index (χ3v) is 9.97. The Bertz CT molecular complexity index is 2040. The maximum absolute atomic E-state index is 2.37. The fourth-order valence-electron chi connectivity index (χ4n) is 5.78. The van der Waals surface area contributed by atoms with Gasteiger partial charge in [-0.3, -0.25) is 0 Å². The third-order valence-electron chi connectivity index (χ3n) is 7.68. The maximum Gasteiger partial charge on any atom is 0.0541 e. The molecular formula is C38H31NS2. The van der Waals surface area contributed by atoms with Crippen molar-refractivity contribution in [3.05, 3.63) is 132 Å². The molecular weight excluding hydrogens is 535 g/mol. The SMILES string of the molecule is CC/C=C(\SCC)c1ccc(-c2ccc3cc(-c4ccc5c(c4)c4ccccc4n5-c4ccccc4)ccc3c2)s1. The molecule has 2 heterocycles. The molecule has 0 N–H and O–H groups in total. The minimum Gasteiger partial charge on any atom is -0.309 e. The van der Waals surface area contributed by atoms with E-state index < -0.39 is 0 Å². The first-order chi connectivity index (χ1) is 20.2. The number of thioether (sulfide) groups is 1. The van der Waals surface area contributed by atoms with Gasteiger partial charge in [0, 0.05) is 31.1 Å². The fraction of sp³-hybridized carbons (Fsp3) is 0.105. The van der Waals surface area contributed by atoms with Crippen LogP contribution in [0.2, 0.25) is 0 Å². The first-order valence-corrected chi connectivity index (χ1v) is 16.1. The minimum atomic E-state index is 1.07. The van der Waals surface area contributed by atoms with E-state index >= 15 is 0 Å². The second kappa shape index (κ2) is 11.1. The lowest BCUT2D eigenvalue weighted by Gasteiger charge is -2.09. The van der Waals surface area contributed by atoms with Crippen molar-refractivity contribution in [1.29, 1.82) is 0 Å². The molecule has 0 atom stereocenters. The number of fused-ring (bicyclic) bond motifs is 4. The van der Waals surface area contributed by atoms with Gasteiger partial charge >= 0.3 is 0 Å². The van der Waals surface area contributed by atoms with Gasteiger partial charge in [0.15, 0.2) is 0 Å². The summed E-state index contributed by atoms with van der Waals surface area (Å²) in [6.07, 6.45) is 3.42. The molecule has 7 aromatic rings. The van der Waals surface area contributed by atoms with Gasteiger partial charge in [0.1, 0.15) is 0 Å². The van der Waals surface area contributed by atoms with Crippen LogP contribution in [0.25, 0.3) is 64.7 Å². The molecule has 200 valence electrons. The number of thiophene rings is 1. The van der Waals surface area contributed by atoms with Gasteiger partial charge in [0.2, 0.25) is 0 Å². The summed E-state index contributed by atoms with van der Waals surface area (Å²) in [5.74, 6) is 1.10. The van der Waals surface area contributed by atoms with Crippen LogP contribution in [0.4, 0.5) is 0 Å². The van der Waals surface area contributed by atoms with Crippen LogP contribution in [0, 0.1) is 0 Å². The van der Waals surface area contributed by atoms with Gasteiger partial charge < -0.3 is 4.57 Å². The highest BCUT2D eigenvalue weighted by Gasteiger charge is 2.13. The predicted octanol–water partition coefficient (Wildman–Crippen LogP) is 11.8. The Hall–Kier alpha value is -4.05. The third kappa shape index (κ3) is 4.80. The molecule has 0 radical (unpaired) electrons. The molecule has 0 bridgehead atoms. The van der Waals surface area contributed by atoms with Gasteiger partial charge in [-0.15, -0.1) is 23.1 Å². The van der Waals surface area contributed by atoms with Crippen LogP contribution in [0.15, 0.2) is 127 Å². The maximum atomic E-state index is 2.37. The van der Waals surface area contributed by atoms with Crippen LogP contribution in [0.3, 0.4) is 0 Å². The van der Waals surface area contributed by atoms with Crippen molar-refractivity contribution in [1.82, 2.24) is 4.57 Å². The molecule has 0 saturated carbocycles. The van der Waals surface area contributed by atoms with Crippen molar-refractivity contribution in [3.63, 3.8) is 0 Å². The Balaban J connectivity index is 1.26. The molecule has 1 nitrogen and oxygen atoms in total. The smallest absolute Gasteiger partial charge is 0.0541 e. The molecule has 0 aliphatic heterocycles. The average molecular weight is 566 g/mol. The standard InChI is InChI=1S/C38H31NS2/c1-3-10-37(40-4-2)38-22-21-36(41-38)30-18-17-26-23-27(15-16-28(26)24-30)29-19-20-35-33(25-29)32-13-8-9-14-34(32)39(35)31-11-6-5-7-12-31/h5-25H,3-4H2,1-2H3/b37-10-. The largest absolute Gasteiger partial charge is 0.309 e. The Morgan fingerprint density at radius 3 is 2.15 bits per heavy atom. The average Bonchev–Trinajstić information content (AvgIpc) is 3.64. The summed E-state index contributed by atoms with van der Waals surface area (Å²) in [5, 5.41) is 5.10. The highest BCUT2D eigenvalue weighted by Crippen LogP contribution is 2.39. The number of benzene rings is 5. The van der Waals surface area contributed by atoms with E-state index in [1.807, 2.05) is 23.1 Å². The highest BCUT2D eigenvalue weighted by molar-refractivity contribution is 8.08. The van der Waals surface area contributed by atoms with E-state index in [0.29, 0.717) is 0 Å². The number of nitrogens with zero attached hydrogens (tertiary/aromatic N) is 1. The second-order valence-electron chi connectivity index (χ2n) is 10.3. The Kier molecular flexibility index (Phi) is 7.00. The fourth-order valence-corrected chi connectivity index (χ4v) is 7.83. The summed E-state index contributed by atoms with van der Waals surface area (Å²) in [6.45, 7) is 4.44. The van der Waals surface area contributed by atoms with Crippen LogP contribution in [0.1, 0.15) is 25.1 Å². The number of aromatic nitrogens is 1. The van der Waals surface area contributed by atoms with E-state index in [1.165, 1.54) is 69.6 Å². The molecule has 5 aromatic carbocycles. The van der Waals surface area contributed by atoms with Gasteiger partial charge in [-0.1, -0.05) is 86.7 Å². The van der Waals surface area contributed by atoms with E-state index in [2.05, 4.69) is 146 Å². The number of hydrogen-bond donors (Lipinski definition) is 0. The summed E-state index contributed by atoms with van der Waals surface area (Å²) in [5.41, 5.74) is 7.43. The monoisotopic (exact) mass is 565 g/mol. The van der Waals surface area contributed by atoms with Crippen LogP contribution < -0.4 is 0 Å². The van der Waals surface area contributed by atoms with E-state index in [9.17, 15) is 0 Å². The lowest BCUT2D eigenvalue weighted by Crippen LogP contribution is -1.92. The molecule has 0 amide bonds. The molecule has 0 fully saturated rings. The van der Waals surface area contributed by atoms with E-state index in [1.54, 1.807) is 0 Å². The summed E-state index contributed by atoms with van der Waals surface area (Å²) in [6, 6.07) is 44.6. The summed E-state index contributed by atoms with van der Waals surface area (Å²) < 4.78 is 2.37. The number of hydrogen-bond acceptors (Lipinski definition) is 2. The number of para-hydroxylation sites is 2. The first-order valence-electron chi connectivity index (χ1n) is 14.3. The van der Waals surface area contributed by atoms with Crippen LogP contribution >= 0.6 is 23.1 Å². The van der Waals surface area contributed by atoms with Crippen molar-refractivity contribution in [3.8, 4) is 27.3 Å². The second-order valence-corrected chi connectivity index (χ2v) is 12.7. The van der Waals surface area contributed by atoms with Crippen molar-refractivity contribution in [2.24, 2.45) is 0 Å². The molecule has 2 aromatic heterocycles. The Morgan fingerprint density at radius 1 is 0.659 bits per heavy atom. The van der Waals surface area contributed by atoms with Gasteiger partial charge in [0.25, 0.3) is 0 Å². The quantitative estimate of drug-likeness (QED) is 0.186. The topological polar surface area (TPSA) is 4.93 Å². The van der Waals surface area contributed by atoms with Crippen molar-refractivity contribution in [2.75, 3.05) is 5.75 Å². The Morgan fingerprint density at radius 2 is 1.34 bits per heavy atom. The lowest BCUT2D eigenvalue weighted by molar-refractivity contribution is 1.18. The Labute approximate surface area is 249 Å². The molecule has 41 heavy (non-hydrogen) atoms. The lowest BCUT2D eigenvalue weighted by atomic mass is 9.98. The molecule has 3 heteroatoms. The van der Waals surface area contributed by atoms with Crippen LogP contribution in [-0.4, -0.2) is 10.3 Å². The first kappa shape index (κ1) is 25.9. The molecule has 0 unspecified atom stereocenters. The van der Waals surface area contributed by atoms with E-state index in [-0.39, 0.29) is 0 Å². The van der Waals surface area contributed by atoms with Crippen molar-refractivity contribution >= 4 is 60.6 Å². The molecule has 0 aliphatic rings. The van der Waals surface area contributed by atoms with Crippen LogP contribution in [-0.2, 0) is 0 Å². The molecule has 7 rings (SSSR count). The highest BCUT2D eigenvalue weighted by atomic mass is 32.2. The summed E-state index contributed by atoms with van der Waals surface area (Å²) in [7, 11) is 0. The van der Waals surface area contributed by atoms with Gasteiger partial charge in [-0.05, 0) is 94.2 Å².